The third kappa shape index (κ3) is 8.57. The molecule has 0 saturated carbocycles. The Kier molecular flexibility index (Phi) is 11.0. The van der Waals surface area contributed by atoms with Crippen LogP contribution in [0, 0.1) is 17.5 Å². The van der Waals surface area contributed by atoms with Gasteiger partial charge < -0.3 is 35.5 Å². The van der Waals surface area contributed by atoms with Crippen molar-refractivity contribution in [2.45, 2.75) is 36.9 Å². The van der Waals surface area contributed by atoms with E-state index in [-0.39, 0.29) is 42.5 Å². The monoisotopic (exact) mass is 627 g/mol. The SMILES string of the molecule is N[C@H](C(=O)Nc1cncc(F)c1CC[C@@H]1CN[C@H](COC(=O)N2CCOCC2)CO1)C(c1ccc(F)cc1)c1ccc(F)cc1. The van der Waals surface area contributed by atoms with Gasteiger partial charge in [0.2, 0.25) is 5.91 Å². The highest BCUT2D eigenvalue weighted by molar-refractivity contribution is 5.96. The molecular weight excluding hydrogens is 591 g/mol. The zero-order valence-electron chi connectivity index (χ0n) is 24.6. The summed E-state index contributed by atoms with van der Waals surface area (Å²) < 4.78 is 58.9. The second-order valence-electron chi connectivity index (χ2n) is 11.0. The lowest BCUT2D eigenvalue weighted by atomic mass is 9.85. The summed E-state index contributed by atoms with van der Waals surface area (Å²) in [5.41, 5.74) is 7.97. The highest BCUT2D eigenvalue weighted by Gasteiger charge is 2.30. The average molecular weight is 628 g/mol. The van der Waals surface area contributed by atoms with Gasteiger partial charge in [0.05, 0.1) is 56.1 Å². The van der Waals surface area contributed by atoms with Gasteiger partial charge in [-0.05, 0) is 48.2 Å². The van der Waals surface area contributed by atoms with Crippen molar-refractivity contribution in [2.75, 3.05) is 51.4 Å². The quantitative estimate of drug-likeness (QED) is 0.313. The number of aromatic nitrogens is 1. The molecule has 45 heavy (non-hydrogen) atoms. The molecule has 1 aromatic heterocycles. The number of ether oxygens (including phenoxy) is 3. The number of carbonyl (C=O) groups is 2. The van der Waals surface area contributed by atoms with E-state index in [2.05, 4.69) is 15.6 Å². The molecule has 3 heterocycles. The Morgan fingerprint density at radius 2 is 1.67 bits per heavy atom. The maximum absolute atomic E-state index is 15.0. The van der Waals surface area contributed by atoms with Crippen LogP contribution in [0.3, 0.4) is 0 Å². The molecule has 0 radical (unpaired) electrons. The third-order valence-corrected chi connectivity index (χ3v) is 7.94. The van der Waals surface area contributed by atoms with Crippen molar-refractivity contribution in [2.24, 2.45) is 5.73 Å². The fourth-order valence-corrected chi connectivity index (χ4v) is 5.41. The van der Waals surface area contributed by atoms with Gasteiger partial charge in [-0.3, -0.25) is 9.78 Å². The lowest BCUT2D eigenvalue weighted by molar-refractivity contribution is -0.117. The predicted octanol–water partition coefficient (Wildman–Crippen LogP) is 3.36. The molecule has 3 atom stereocenters. The minimum Gasteiger partial charge on any atom is -0.448 e. The topological polar surface area (TPSA) is 128 Å². The molecule has 0 bridgehead atoms. The maximum Gasteiger partial charge on any atom is 0.409 e. The van der Waals surface area contributed by atoms with Gasteiger partial charge in [-0.2, -0.15) is 0 Å². The van der Waals surface area contributed by atoms with Crippen LogP contribution in [0.4, 0.5) is 23.7 Å². The molecule has 13 heteroatoms. The molecule has 3 aromatic rings. The van der Waals surface area contributed by atoms with Crippen LogP contribution >= 0.6 is 0 Å². The highest BCUT2D eigenvalue weighted by Crippen LogP contribution is 2.29. The Hall–Kier alpha value is -4.04. The van der Waals surface area contributed by atoms with E-state index in [9.17, 15) is 22.8 Å². The van der Waals surface area contributed by atoms with E-state index in [1.807, 2.05) is 0 Å². The van der Waals surface area contributed by atoms with Crippen LogP contribution in [0.2, 0.25) is 0 Å². The van der Waals surface area contributed by atoms with Crippen LogP contribution in [0.5, 0.6) is 0 Å². The van der Waals surface area contributed by atoms with Crippen molar-refractivity contribution in [3.63, 3.8) is 0 Å². The fourth-order valence-electron chi connectivity index (χ4n) is 5.41. The molecule has 2 aliphatic rings. The van der Waals surface area contributed by atoms with Crippen LogP contribution in [-0.4, -0.2) is 86.1 Å². The van der Waals surface area contributed by atoms with Crippen LogP contribution in [-0.2, 0) is 25.4 Å². The first kappa shape index (κ1) is 32.4. The molecule has 0 spiro atoms. The first-order valence-corrected chi connectivity index (χ1v) is 14.8. The Balaban J connectivity index is 1.18. The number of amides is 2. The molecule has 2 fully saturated rings. The zero-order valence-corrected chi connectivity index (χ0v) is 24.6. The molecule has 2 amide bonds. The Morgan fingerprint density at radius 3 is 2.27 bits per heavy atom. The van der Waals surface area contributed by atoms with Crippen molar-refractivity contribution in [3.05, 3.63) is 95.1 Å². The number of nitrogens with zero attached hydrogens (tertiary/aromatic N) is 2. The molecule has 10 nitrogen and oxygen atoms in total. The van der Waals surface area contributed by atoms with Crippen molar-refractivity contribution < 1.29 is 37.0 Å². The molecule has 2 saturated heterocycles. The minimum absolute atomic E-state index is 0.162. The van der Waals surface area contributed by atoms with E-state index in [1.54, 1.807) is 4.90 Å². The van der Waals surface area contributed by atoms with Gasteiger partial charge in [0.15, 0.2) is 0 Å². The summed E-state index contributed by atoms with van der Waals surface area (Å²) in [6.45, 7) is 2.92. The highest BCUT2D eigenvalue weighted by atomic mass is 19.1. The smallest absolute Gasteiger partial charge is 0.409 e. The number of morpholine rings is 2. The first-order valence-electron chi connectivity index (χ1n) is 14.8. The van der Waals surface area contributed by atoms with Crippen LogP contribution in [0.15, 0.2) is 60.9 Å². The first-order chi connectivity index (χ1) is 21.8. The number of halogens is 3. The molecule has 2 aliphatic heterocycles. The Labute approximate surface area is 259 Å². The average Bonchev–Trinajstić information content (AvgIpc) is 3.06. The zero-order chi connectivity index (χ0) is 31.8. The standard InChI is InChI=1S/C32H36F3N5O5/c33-22-5-1-20(2-6-22)29(21-3-7-23(34)8-4-21)30(36)31(41)39-28-17-37-16-27(35)26(28)10-9-25-15-38-24(18-44-25)19-45-32(42)40-11-13-43-14-12-40/h1-8,16-17,24-25,29-30,38H,9-15,18-19,36H2,(H,39,41)/t24-,25+,30-/m0/s1. The lowest BCUT2D eigenvalue weighted by Crippen LogP contribution is -2.50. The van der Waals surface area contributed by atoms with Crippen molar-refractivity contribution in [1.82, 2.24) is 15.2 Å². The Bertz CT molecular complexity index is 1390. The second-order valence-corrected chi connectivity index (χ2v) is 11.0. The van der Waals surface area contributed by atoms with E-state index in [0.29, 0.717) is 57.0 Å². The molecule has 0 aliphatic carbocycles. The van der Waals surface area contributed by atoms with E-state index in [4.69, 9.17) is 19.9 Å². The van der Waals surface area contributed by atoms with E-state index < -0.39 is 35.3 Å². The van der Waals surface area contributed by atoms with Gasteiger partial charge in [-0.25, -0.2) is 18.0 Å². The molecule has 2 aromatic carbocycles. The molecule has 4 N–H and O–H groups in total. The fraction of sp³-hybridized carbons (Fsp3) is 0.406. The second kappa shape index (κ2) is 15.3. The van der Waals surface area contributed by atoms with Crippen LogP contribution in [0.1, 0.15) is 29.0 Å². The van der Waals surface area contributed by atoms with E-state index >= 15 is 0 Å². The summed E-state index contributed by atoms with van der Waals surface area (Å²) >= 11 is 0. The summed E-state index contributed by atoms with van der Waals surface area (Å²) in [6, 6.07) is 9.74. The number of nitrogens with two attached hydrogens (primary N) is 1. The molecule has 0 unspecified atom stereocenters. The van der Waals surface area contributed by atoms with Crippen molar-refractivity contribution in [3.8, 4) is 0 Å². The van der Waals surface area contributed by atoms with Crippen molar-refractivity contribution in [1.29, 1.82) is 0 Å². The largest absolute Gasteiger partial charge is 0.448 e. The predicted molar refractivity (Wildman–Crippen MR) is 159 cm³/mol. The number of pyridine rings is 1. The lowest BCUT2D eigenvalue weighted by Gasteiger charge is -2.31. The summed E-state index contributed by atoms with van der Waals surface area (Å²) in [5, 5.41) is 6.02. The molecular formula is C32H36F3N5O5. The number of nitrogens with one attached hydrogen (secondary N) is 2. The summed E-state index contributed by atoms with van der Waals surface area (Å²) in [6.07, 6.45) is 2.48. The minimum atomic E-state index is -1.18. The number of hydrogen-bond donors (Lipinski definition) is 3. The van der Waals surface area contributed by atoms with Gasteiger partial charge in [-0.15, -0.1) is 0 Å². The Morgan fingerprint density at radius 1 is 1.02 bits per heavy atom. The van der Waals surface area contributed by atoms with Gasteiger partial charge in [-0.1, -0.05) is 24.3 Å². The number of anilines is 1. The molecule has 240 valence electrons. The summed E-state index contributed by atoms with van der Waals surface area (Å²) in [4.78, 5) is 31.2. The van der Waals surface area contributed by atoms with Crippen LogP contribution < -0.4 is 16.4 Å². The number of benzene rings is 2. The number of carbonyl (C=O) groups excluding carboxylic acids is 2. The van der Waals surface area contributed by atoms with Gasteiger partial charge in [0.1, 0.15) is 24.1 Å². The number of rotatable bonds is 10. The van der Waals surface area contributed by atoms with Crippen LogP contribution in [0.25, 0.3) is 0 Å². The summed E-state index contributed by atoms with van der Waals surface area (Å²) in [5.74, 6) is -2.85. The third-order valence-electron chi connectivity index (χ3n) is 7.94. The summed E-state index contributed by atoms with van der Waals surface area (Å²) in [7, 11) is 0. The van der Waals surface area contributed by atoms with Gasteiger partial charge in [0.25, 0.3) is 0 Å². The number of hydrogen-bond acceptors (Lipinski definition) is 8. The van der Waals surface area contributed by atoms with Crippen molar-refractivity contribution >= 4 is 17.7 Å². The van der Waals surface area contributed by atoms with Gasteiger partial charge in [0, 0.05) is 31.1 Å². The van der Waals surface area contributed by atoms with E-state index in [0.717, 1.165) is 6.20 Å². The van der Waals surface area contributed by atoms with E-state index in [1.165, 1.54) is 54.7 Å². The maximum atomic E-state index is 15.0. The molecule has 5 rings (SSSR count). The normalized spacial score (nSPS) is 19.3. The van der Waals surface area contributed by atoms with Gasteiger partial charge >= 0.3 is 6.09 Å².